The Balaban J connectivity index is 1.75. The lowest BCUT2D eigenvalue weighted by molar-refractivity contribution is -0.0395. The number of allylic oxidation sites excluding steroid dienone is 4. The van der Waals surface area contributed by atoms with Crippen molar-refractivity contribution in [2.75, 3.05) is 11.5 Å². The summed E-state index contributed by atoms with van der Waals surface area (Å²) in [5, 5.41) is 11.3. The second-order valence-corrected chi connectivity index (χ2v) is 10.7. The van der Waals surface area contributed by atoms with Crippen LogP contribution in [0.2, 0.25) is 0 Å². The number of rotatable bonds is 0. The van der Waals surface area contributed by atoms with Gasteiger partial charge in [-0.15, -0.1) is 23.5 Å². The predicted molar refractivity (Wildman–Crippen MR) is 93.6 cm³/mol. The van der Waals surface area contributed by atoms with Crippen LogP contribution in [0, 0.1) is 23.2 Å². The van der Waals surface area contributed by atoms with Crippen LogP contribution in [0.1, 0.15) is 39.5 Å². The monoisotopic (exact) mass is 322 g/mol. The minimum Gasteiger partial charge on any atom is -0.392 e. The van der Waals surface area contributed by atoms with E-state index >= 15 is 0 Å². The molecule has 0 aromatic rings. The van der Waals surface area contributed by atoms with Crippen LogP contribution in [0.5, 0.6) is 0 Å². The third-order valence-corrected chi connectivity index (χ3v) is 10.3. The Morgan fingerprint density at radius 1 is 1.19 bits per heavy atom. The predicted octanol–water partition coefficient (Wildman–Crippen LogP) is 4.48. The lowest BCUT2D eigenvalue weighted by Gasteiger charge is -2.46. The van der Waals surface area contributed by atoms with Gasteiger partial charge in [-0.1, -0.05) is 30.7 Å². The van der Waals surface area contributed by atoms with Crippen LogP contribution in [0.3, 0.4) is 0 Å². The molecule has 0 aromatic heterocycles. The van der Waals surface area contributed by atoms with Crippen LogP contribution in [0.25, 0.3) is 0 Å². The molecule has 1 spiro atoms. The minimum atomic E-state index is -0.146. The van der Waals surface area contributed by atoms with Gasteiger partial charge in [-0.05, 0) is 49.9 Å². The van der Waals surface area contributed by atoms with Gasteiger partial charge >= 0.3 is 0 Å². The molecule has 1 nitrogen and oxygen atoms in total. The highest BCUT2D eigenvalue weighted by atomic mass is 32.2. The van der Waals surface area contributed by atoms with Gasteiger partial charge in [0.15, 0.2) is 0 Å². The quantitative estimate of drug-likeness (QED) is 0.664. The standard InChI is InChI=1S/C18H26OS2/c1-12-6-7-15-17(2,8-9-18(15)20-10-11-21-18)16(19)14-5-3-4-13(12)14/h3-4,6,13-16,19H,5,7-11H2,1-2H3/t13-,14-,15+,16-,17+/m1/s1. The fourth-order valence-electron chi connectivity index (χ4n) is 5.33. The Hall–Kier alpha value is 0.140. The maximum Gasteiger partial charge on any atom is 0.0649 e. The maximum absolute atomic E-state index is 11.3. The summed E-state index contributed by atoms with van der Waals surface area (Å²) in [6.07, 6.45) is 11.7. The van der Waals surface area contributed by atoms with Gasteiger partial charge in [0.2, 0.25) is 0 Å². The zero-order valence-electron chi connectivity index (χ0n) is 13.0. The minimum absolute atomic E-state index is 0.108. The van der Waals surface area contributed by atoms with E-state index < -0.39 is 0 Å². The molecule has 21 heavy (non-hydrogen) atoms. The zero-order valence-corrected chi connectivity index (χ0v) is 14.7. The molecule has 2 fully saturated rings. The van der Waals surface area contributed by atoms with Crippen molar-refractivity contribution in [2.24, 2.45) is 23.2 Å². The Morgan fingerprint density at radius 3 is 2.71 bits per heavy atom. The molecule has 0 bridgehead atoms. The van der Waals surface area contributed by atoms with Crippen LogP contribution in [0.4, 0.5) is 0 Å². The number of thioether (sulfide) groups is 2. The van der Waals surface area contributed by atoms with Gasteiger partial charge in [0.1, 0.15) is 0 Å². The third-order valence-electron chi connectivity index (χ3n) is 6.61. The van der Waals surface area contributed by atoms with E-state index in [1.54, 1.807) is 0 Å². The van der Waals surface area contributed by atoms with Crippen molar-refractivity contribution in [3.05, 3.63) is 23.8 Å². The summed E-state index contributed by atoms with van der Waals surface area (Å²) in [7, 11) is 0. The molecule has 1 saturated heterocycles. The Labute approximate surface area is 137 Å². The Morgan fingerprint density at radius 2 is 1.95 bits per heavy atom. The number of aliphatic hydroxyl groups excluding tert-OH is 1. The summed E-state index contributed by atoms with van der Waals surface area (Å²) in [6, 6.07) is 0. The Bertz CT molecular complexity index is 491. The summed E-state index contributed by atoms with van der Waals surface area (Å²) < 4.78 is 0.394. The van der Waals surface area contributed by atoms with E-state index in [1.807, 2.05) is 0 Å². The lowest BCUT2D eigenvalue weighted by atomic mass is 9.65. The van der Waals surface area contributed by atoms with Crippen molar-refractivity contribution in [3.8, 4) is 0 Å². The van der Waals surface area contributed by atoms with Crippen molar-refractivity contribution in [1.29, 1.82) is 0 Å². The fourth-order valence-corrected chi connectivity index (χ4v) is 9.15. The first-order valence-corrected chi connectivity index (χ1v) is 10.3. The highest BCUT2D eigenvalue weighted by Gasteiger charge is 2.60. The van der Waals surface area contributed by atoms with Gasteiger partial charge < -0.3 is 5.11 Å². The second-order valence-electron chi connectivity index (χ2n) is 7.55. The summed E-state index contributed by atoms with van der Waals surface area (Å²) in [5.41, 5.74) is 1.60. The van der Waals surface area contributed by atoms with Crippen LogP contribution in [-0.4, -0.2) is 26.8 Å². The molecule has 0 radical (unpaired) electrons. The highest BCUT2D eigenvalue weighted by molar-refractivity contribution is 8.21. The largest absolute Gasteiger partial charge is 0.392 e. The molecular formula is C18H26OS2. The SMILES string of the molecule is CC1=CC[C@@H]2C3(CC[C@]2(C)[C@H](O)[C@@H]2CC=C[C@H]12)SCCS3. The average Bonchev–Trinajstić information content (AvgIpc) is 3.18. The smallest absolute Gasteiger partial charge is 0.0649 e. The first-order chi connectivity index (χ1) is 10.1. The van der Waals surface area contributed by atoms with Crippen LogP contribution < -0.4 is 0 Å². The van der Waals surface area contributed by atoms with Crippen molar-refractivity contribution in [3.63, 3.8) is 0 Å². The van der Waals surface area contributed by atoms with Gasteiger partial charge in [0.25, 0.3) is 0 Å². The Kier molecular flexibility index (Phi) is 3.55. The molecule has 1 heterocycles. The molecule has 0 unspecified atom stereocenters. The number of fused-ring (bicyclic) bond motifs is 3. The molecule has 5 atom stereocenters. The van der Waals surface area contributed by atoms with Crippen LogP contribution in [-0.2, 0) is 0 Å². The molecule has 116 valence electrons. The van der Waals surface area contributed by atoms with E-state index in [2.05, 4.69) is 55.6 Å². The lowest BCUT2D eigenvalue weighted by Crippen LogP contribution is -2.46. The van der Waals surface area contributed by atoms with Crippen molar-refractivity contribution >= 4 is 23.5 Å². The highest BCUT2D eigenvalue weighted by Crippen LogP contribution is 2.67. The summed E-state index contributed by atoms with van der Waals surface area (Å²) in [5.74, 6) is 4.13. The molecule has 3 heteroatoms. The maximum atomic E-state index is 11.3. The van der Waals surface area contributed by atoms with Crippen molar-refractivity contribution in [1.82, 2.24) is 0 Å². The molecule has 0 amide bonds. The summed E-state index contributed by atoms with van der Waals surface area (Å²) in [6.45, 7) is 4.67. The van der Waals surface area contributed by atoms with Gasteiger partial charge in [-0.3, -0.25) is 0 Å². The molecule has 4 rings (SSSR count). The molecule has 4 aliphatic rings. The average molecular weight is 323 g/mol. The van der Waals surface area contributed by atoms with E-state index in [0.29, 0.717) is 21.8 Å². The molecule has 3 aliphatic carbocycles. The first-order valence-electron chi connectivity index (χ1n) is 8.36. The number of hydrogen-bond donors (Lipinski definition) is 1. The van der Waals surface area contributed by atoms with E-state index in [-0.39, 0.29) is 11.5 Å². The van der Waals surface area contributed by atoms with Gasteiger partial charge in [0, 0.05) is 17.4 Å². The van der Waals surface area contributed by atoms with Gasteiger partial charge in [-0.25, -0.2) is 0 Å². The van der Waals surface area contributed by atoms with E-state index in [0.717, 1.165) is 12.8 Å². The van der Waals surface area contributed by atoms with Crippen LogP contribution >= 0.6 is 23.5 Å². The molecule has 1 N–H and O–H groups in total. The first kappa shape index (κ1) is 14.7. The van der Waals surface area contributed by atoms with Crippen molar-refractivity contribution in [2.45, 2.75) is 49.7 Å². The van der Waals surface area contributed by atoms with Crippen molar-refractivity contribution < 1.29 is 5.11 Å². The third kappa shape index (κ3) is 2.03. The molecule has 1 saturated carbocycles. The van der Waals surface area contributed by atoms with E-state index in [4.69, 9.17) is 0 Å². The van der Waals surface area contributed by atoms with E-state index in [1.165, 1.54) is 29.9 Å². The topological polar surface area (TPSA) is 20.2 Å². The summed E-state index contributed by atoms with van der Waals surface area (Å²) in [4.78, 5) is 0. The molecule has 0 aromatic carbocycles. The van der Waals surface area contributed by atoms with E-state index in [9.17, 15) is 5.11 Å². The van der Waals surface area contributed by atoms with Crippen LogP contribution in [0.15, 0.2) is 23.8 Å². The fraction of sp³-hybridized carbons (Fsp3) is 0.778. The number of hydrogen-bond acceptors (Lipinski definition) is 3. The molecular weight excluding hydrogens is 296 g/mol. The normalized spacial score (nSPS) is 47.9. The van der Waals surface area contributed by atoms with Gasteiger partial charge in [-0.2, -0.15) is 0 Å². The van der Waals surface area contributed by atoms with Gasteiger partial charge in [0.05, 0.1) is 10.2 Å². The summed E-state index contributed by atoms with van der Waals surface area (Å²) >= 11 is 4.38. The molecule has 1 aliphatic heterocycles. The number of aliphatic hydroxyl groups is 1. The second kappa shape index (κ2) is 5.07. The zero-order chi connectivity index (χ0) is 14.7.